The minimum Gasteiger partial charge on any atom is -0.310 e. The normalized spacial score (nSPS) is 12.7. The van der Waals surface area contributed by atoms with Crippen molar-refractivity contribution in [1.29, 1.82) is 0 Å². The van der Waals surface area contributed by atoms with E-state index in [1.165, 1.54) is 15.3 Å². The van der Waals surface area contributed by atoms with Gasteiger partial charge < -0.3 is 5.32 Å². The number of aryl methyl sites for hydroxylation is 1. The molecule has 1 unspecified atom stereocenters. The standard InChI is InChI=1S/C13H21NS/c1-5-14-12(8-6-10(2)3)13-9-7-11(4)15-13/h7,9,12,14H,2,5-6,8H2,1,3-4H3. The first kappa shape index (κ1) is 12.5. The van der Waals surface area contributed by atoms with E-state index in [0.717, 1.165) is 19.4 Å². The minimum atomic E-state index is 0.505. The zero-order valence-electron chi connectivity index (χ0n) is 9.97. The van der Waals surface area contributed by atoms with E-state index in [4.69, 9.17) is 0 Å². The van der Waals surface area contributed by atoms with Gasteiger partial charge in [-0.3, -0.25) is 0 Å². The Morgan fingerprint density at radius 2 is 2.27 bits per heavy atom. The van der Waals surface area contributed by atoms with Crippen molar-refractivity contribution in [1.82, 2.24) is 5.32 Å². The molecule has 15 heavy (non-hydrogen) atoms. The average Bonchev–Trinajstić information content (AvgIpc) is 2.59. The molecule has 1 nitrogen and oxygen atoms in total. The van der Waals surface area contributed by atoms with Crippen LogP contribution < -0.4 is 5.32 Å². The summed E-state index contributed by atoms with van der Waals surface area (Å²) < 4.78 is 0. The van der Waals surface area contributed by atoms with Crippen molar-refractivity contribution in [3.63, 3.8) is 0 Å². The van der Waals surface area contributed by atoms with E-state index in [0.29, 0.717) is 6.04 Å². The van der Waals surface area contributed by atoms with Gasteiger partial charge in [-0.05, 0) is 45.4 Å². The molecule has 0 radical (unpaired) electrons. The van der Waals surface area contributed by atoms with Crippen LogP contribution in [0.4, 0.5) is 0 Å². The van der Waals surface area contributed by atoms with Crippen molar-refractivity contribution < 1.29 is 0 Å². The van der Waals surface area contributed by atoms with E-state index >= 15 is 0 Å². The lowest BCUT2D eigenvalue weighted by Gasteiger charge is -2.16. The molecule has 0 amide bonds. The van der Waals surface area contributed by atoms with Crippen LogP contribution in [-0.4, -0.2) is 6.54 Å². The molecule has 0 spiro atoms. The van der Waals surface area contributed by atoms with Gasteiger partial charge in [0, 0.05) is 15.8 Å². The smallest absolute Gasteiger partial charge is 0.0417 e. The second kappa shape index (κ2) is 6.09. The topological polar surface area (TPSA) is 12.0 Å². The van der Waals surface area contributed by atoms with Crippen LogP contribution in [0, 0.1) is 6.92 Å². The first-order valence-electron chi connectivity index (χ1n) is 5.57. The predicted octanol–water partition coefficient (Wildman–Crippen LogP) is 4.06. The van der Waals surface area contributed by atoms with Gasteiger partial charge >= 0.3 is 0 Å². The molecule has 0 fully saturated rings. The Labute approximate surface area is 97.2 Å². The van der Waals surface area contributed by atoms with E-state index in [1.807, 2.05) is 11.3 Å². The number of hydrogen-bond donors (Lipinski definition) is 1. The maximum Gasteiger partial charge on any atom is 0.0417 e. The Balaban J connectivity index is 2.60. The highest BCUT2D eigenvalue weighted by Crippen LogP contribution is 2.26. The Morgan fingerprint density at radius 1 is 1.53 bits per heavy atom. The molecule has 0 aromatic carbocycles. The van der Waals surface area contributed by atoms with Gasteiger partial charge in [0.2, 0.25) is 0 Å². The van der Waals surface area contributed by atoms with Crippen LogP contribution >= 0.6 is 11.3 Å². The molecule has 1 heterocycles. The van der Waals surface area contributed by atoms with E-state index in [-0.39, 0.29) is 0 Å². The fourth-order valence-electron chi connectivity index (χ4n) is 1.62. The quantitative estimate of drug-likeness (QED) is 0.717. The summed E-state index contributed by atoms with van der Waals surface area (Å²) in [5, 5.41) is 3.54. The Hall–Kier alpha value is -0.600. The highest BCUT2D eigenvalue weighted by Gasteiger charge is 2.11. The number of nitrogens with one attached hydrogen (secondary N) is 1. The molecule has 2 heteroatoms. The van der Waals surface area contributed by atoms with Gasteiger partial charge in [0.1, 0.15) is 0 Å². The van der Waals surface area contributed by atoms with E-state index in [9.17, 15) is 0 Å². The van der Waals surface area contributed by atoms with E-state index in [2.05, 4.69) is 44.8 Å². The molecular formula is C13H21NS. The number of thiophene rings is 1. The summed E-state index contributed by atoms with van der Waals surface area (Å²) in [5.41, 5.74) is 1.27. The molecule has 0 aliphatic heterocycles. The second-order valence-corrected chi connectivity index (χ2v) is 5.37. The van der Waals surface area contributed by atoms with Crippen molar-refractivity contribution in [3.8, 4) is 0 Å². The van der Waals surface area contributed by atoms with Gasteiger partial charge in [0.25, 0.3) is 0 Å². The van der Waals surface area contributed by atoms with Crippen molar-refractivity contribution >= 4 is 11.3 Å². The van der Waals surface area contributed by atoms with Gasteiger partial charge in [-0.25, -0.2) is 0 Å². The molecule has 1 atom stereocenters. The number of allylic oxidation sites excluding steroid dienone is 1. The fourth-order valence-corrected chi connectivity index (χ4v) is 2.61. The maximum absolute atomic E-state index is 3.96. The van der Waals surface area contributed by atoms with Crippen molar-refractivity contribution in [3.05, 3.63) is 34.0 Å². The molecule has 84 valence electrons. The predicted molar refractivity (Wildman–Crippen MR) is 69.5 cm³/mol. The largest absolute Gasteiger partial charge is 0.310 e. The summed E-state index contributed by atoms with van der Waals surface area (Å²) in [6.45, 7) is 11.4. The average molecular weight is 223 g/mol. The third-order valence-corrected chi connectivity index (χ3v) is 3.53. The Kier molecular flexibility index (Phi) is 5.06. The molecule has 0 aliphatic rings. The van der Waals surface area contributed by atoms with Crippen LogP contribution in [0.1, 0.15) is 42.5 Å². The SMILES string of the molecule is C=C(C)CCC(NCC)c1ccc(C)s1. The number of rotatable bonds is 6. The zero-order valence-corrected chi connectivity index (χ0v) is 10.8. The number of hydrogen-bond acceptors (Lipinski definition) is 2. The summed E-state index contributed by atoms with van der Waals surface area (Å²) in [7, 11) is 0. The molecule has 1 rings (SSSR count). The van der Waals surface area contributed by atoms with Crippen molar-refractivity contribution in [2.75, 3.05) is 6.54 Å². The lowest BCUT2D eigenvalue weighted by atomic mass is 10.1. The molecule has 0 saturated heterocycles. The van der Waals surface area contributed by atoms with Crippen LogP contribution in [0.3, 0.4) is 0 Å². The van der Waals surface area contributed by atoms with Crippen LogP contribution in [0.15, 0.2) is 24.3 Å². The minimum absolute atomic E-state index is 0.505. The van der Waals surface area contributed by atoms with Crippen LogP contribution in [0.5, 0.6) is 0 Å². The van der Waals surface area contributed by atoms with E-state index in [1.54, 1.807) is 0 Å². The second-order valence-electron chi connectivity index (χ2n) is 4.05. The van der Waals surface area contributed by atoms with E-state index < -0.39 is 0 Å². The van der Waals surface area contributed by atoms with Gasteiger partial charge in [-0.15, -0.1) is 17.9 Å². The van der Waals surface area contributed by atoms with Gasteiger partial charge in [-0.1, -0.05) is 12.5 Å². The van der Waals surface area contributed by atoms with Gasteiger partial charge in [0.15, 0.2) is 0 Å². The lowest BCUT2D eigenvalue weighted by Crippen LogP contribution is -2.19. The third-order valence-electron chi connectivity index (χ3n) is 2.41. The molecule has 1 aromatic heterocycles. The van der Waals surface area contributed by atoms with Gasteiger partial charge in [-0.2, -0.15) is 0 Å². The van der Waals surface area contributed by atoms with Crippen LogP contribution in [0.25, 0.3) is 0 Å². The summed E-state index contributed by atoms with van der Waals surface area (Å²) in [5.74, 6) is 0. The Bertz CT molecular complexity index is 314. The summed E-state index contributed by atoms with van der Waals surface area (Å²) in [6.07, 6.45) is 2.26. The lowest BCUT2D eigenvalue weighted by molar-refractivity contribution is 0.522. The highest BCUT2D eigenvalue weighted by molar-refractivity contribution is 7.12. The molecule has 1 N–H and O–H groups in total. The molecule has 0 bridgehead atoms. The molecule has 0 saturated carbocycles. The molecule has 0 aliphatic carbocycles. The molecular weight excluding hydrogens is 202 g/mol. The highest BCUT2D eigenvalue weighted by atomic mass is 32.1. The molecule has 1 aromatic rings. The first-order chi connectivity index (χ1) is 7.13. The third kappa shape index (κ3) is 4.18. The fraction of sp³-hybridized carbons (Fsp3) is 0.538. The first-order valence-corrected chi connectivity index (χ1v) is 6.39. The van der Waals surface area contributed by atoms with Gasteiger partial charge in [0.05, 0.1) is 0 Å². The zero-order chi connectivity index (χ0) is 11.3. The van der Waals surface area contributed by atoms with Crippen LogP contribution in [0.2, 0.25) is 0 Å². The summed E-state index contributed by atoms with van der Waals surface area (Å²) in [6, 6.07) is 4.95. The Morgan fingerprint density at radius 3 is 2.73 bits per heavy atom. The van der Waals surface area contributed by atoms with Crippen molar-refractivity contribution in [2.24, 2.45) is 0 Å². The monoisotopic (exact) mass is 223 g/mol. The van der Waals surface area contributed by atoms with Crippen molar-refractivity contribution in [2.45, 2.75) is 39.7 Å². The van der Waals surface area contributed by atoms with Crippen LogP contribution in [-0.2, 0) is 0 Å². The summed E-state index contributed by atoms with van der Waals surface area (Å²) >= 11 is 1.90. The maximum atomic E-state index is 3.96. The summed E-state index contributed by atoms with van der Waals surface area (Å²) in [4.78, 5) is 2.85.